The number of aromatic nitrogens is 1. The first-order chi connectivity index (χ1) is 16.6. The van der Waals surface area contributed by atoms with Crippen LogP contribution in [0.4, 0.5) is 5.82 Å². The molecule has 0 bridgehead atoms. The predicted molar refractivity (Wildman–Crippen MR) is 135 cm³/mol. The minimum atomic E-state index is -0.0198. The topological polar surface area (TPSA) is 85.1 Å². The Bertz CT molecular complexity index is 1250. The van der Waals surface area contributed by atoms with Crippen LogP contribution in [0.1, 0.15) is 33.5 Å². The second-order valence-electron chi connectivity index (χ2n) is 8.18. The summed E-state index contributed by atoms with van der Waals surface area (Å²) in [5.74, 6) is 0.357. The fourth-order valence-electron chi connectivity index (χ4n) is 3.73. The van der Waals surface area contributed by atoms with Gasteiger partial charge in [-0.1, -0.05) is 84.9 Å². The maximum Gasteiger partial charge on any atom is 0.220 e. The van der Waals surface area contributed by atoms with Crippen molar-refractivity contribution in [1.29, 1.82) is 0 Å². The summed E-state index contributed by atoms with van der Waals surface area (Å²) in [6.07, 6.45) is 2.93. The van der Waals surface area contributed by atoms with Crippen LogP contribution < -0.4 is 11.1 Å². The van der Waals surface area contributed by atoms with Gasteiger partial charge in [-0.25, -0.2) is 4.98 Å². The van der Waals surface area contributed by atoms with E-state index in [4.69, 9.17) is 5.73 Å². The number of benzene rings is 3. The number of aryl methyl sites for hydroxylation is 1. The molecule has 5 nitrogen and oxygen atoms in total. The number of Topliss-reactive ketones (excluding diaryl/α,β-unsaturated/α-hetero) is 1. The summed E-state index contributed by atoms with van der Waals surface area (Å²) in [6, 6.07) is 29.4. The van der Waals surface area contributed by atoms with Crippen LogP contribution >= 0.6 is 0 Å². The lowest BCUT2D eigenvalue weighted by molar-refractivity contribution is -0.121. The molecule has 5 heteroatoms. The maximum absolute atomic E-state index is 12.5. The molecule has 4 aromatic rings. The molecule has 0 atom stereocenters. The third kappa shape index (κ3) is 6.17. The molecule has 0 saturated carbocycles. The average Bonchev–Trinajstić information content (AvgIpc) is 2.88. The molecule has 3 N–H and O–H groups in total. The van der Waals surface area contributed by atoms with Crippen molar-refractivity contribution in [3.8, 4) is 11.1 Å². The molecule has 0 aliphatic rings. The zero-order valence-electron chi connectivity index (χ0n) is 18.9. The van der Waals surface area contributed by atoms with Gasteiger partial charge in [0.15, 0.2) is 5.78 Å². The van der Waals surface area contributed by atoms with E-state index in [9.17, 15) is 9.59 Å². The van der Waals surface area contributed by atoms with E-state index in [2.05, 4.69) is 46.7 Å². The molecule has 0 unspecified atom stereocenters. The smallest absolute Gasteiger partial charge is 0.220 e. The minimum absolute atomic E-state index is 0.000610. The number of nitrogens with zero attached hydrogens (tertiary/aromatic N) is 1. The van der Waals surface area contributed by atoms with Crippen LogP contribution in [0, 0.1) is 0 Å². The number of carbonyl (C=O) groups is 2. The molecule has 0 aliphatic heterocycles. The molecule has 3 aromatic carbocycles. The number of anilines is 1. The Morgan fingerprint density at radius 2 is 1.44 bits per heavy atom. The Kier molecular flexibility index (Phi) is 7.45. The Labute approximate surface area is 199 Å². The Morgan fingerprint density at radius 3 is 2.15 bits per heavy atom. The zero-order chi connectivity index (χ0) is 23.8. The fourth-order valence-corrected chi connectivity index (χ4v) is 3.73. The number of hydrogen-bond donors (Lipinski definition) is 2. The highest BCUT2D eigenvalue weighted by molar-refractivity contribution is 5.98. The third-order valence-electron chi connectivity index (χ3n) is 5.74. The van der Waals surface area contributed by atoms with Crippen LogP contribution in [0.5, 0.6) is 0 Å². The van der Waals surface area contributed by atoms with Gasteiger partial charge < -0.3 is 11.1 Å². The van der Waals surface area contributed by atoms with Crippen molar-refractivity contribution in [1.82, 2.24) is 10.3 Å². The molecule has 0 radical (unpaired) electrons. The number of pyridine rings is 1. The van der Waals surface area contributed by atoms with Gasteiger partial charge in [0.2, 0.25) is 5.91 Å². The molecule has 0 saturated heterocycles. The van der Waals surface area contributed by atoms with Crippen LogP contribution in [0.3, 0.4) is 0 Å². The quantitative estimate of drug-likeness (QED) is 0.352. The summed E-state index contributed by atoms with van der Waals surface area (Å²) in [5, 5.41) is 2.95. The van der Waals surface area contributed by atoms with Gasteiger partial charge in [0, 0.05) is 36.7 Å². The largest absolute Gasteiger partial charge is 0.383 e. The monoisotopic (exact) mass is 449 g/mol. The van der Waals surface area contributed by atoms with Gasteiger partial charge >= 0.3 is 0 Å². The van der Waals surface area contributed by atoms with Crippen molar-refractivity contribution >= 4 is 17.5 Å². The first-order valence-corrected chi connectivity index (χ1v) is 11.3. The van der Waals surface area contributed by atoms with Gasteiger partial charge in [0.05, 0.1) is 0 Å². The number of ketones is 1. The SMILES string of the molecule is Nc1ncccc1CC(=O)c1ccc(CNC(=O)CCc2ccc(-c3ccccc3)cc2)cc1. The van der Waals surface area contributed by atoms with E-state index in [1.807, 2.05) is 36.4 Å². The molecule has 0 aliphatic carbocycles. The van der Waals surface area contributed by atoms with Crippen molar-refractivity contribution in [2.45, 2.75) is 25.8 Å². The van der Waals surface area contributed by atoms with E-state index < -0.39 is 0 Å². The number of amides is 1. The molecule has 0 spiro atoms. The van der Waals surface area contributed by atoms with Crippen LogP contribution in [0.25, 0.3) is 11.1 Å². The van der Waals surface area contributed by atoms with E-state index >= 15 is 0 Å². The molecule has 170 valence electrons. The summed E-state index contributed by atoms with van der Waals surface area (Å²) in [6.45, 7) is 0.426. The highest BCUT2D eigenvalue weighted by atomic mass is 16.1. The number of nitrogens with two attached hydrogens (primary N) is 1. The third-order valence-corrected chi connectivity index (χ3v) is 5.74. The number of rotatable bonds is 9. The van der Waals surface area contributed by atoms with E-state index in [0.717, 1.165) is 16.7 Å². The summed E-state index contributed by atoms with van der Waals surface area (Å²) >= 11 is 0. The van der Waals surface area contributed by atoms with Gasteiger partial charge in [-0.15, -0.1) is 0 Å². The second kappa shape index (κ2) is 11.1. The first-order valence-electron chi connectivity index (χ1n) is 11.3. The molecule has 4 rings (SSSR count). The van der Waals surface area contributed by atoms with Crippen LogP contribution in [0.2, 0.25) is 0 Å². The van der Waals surface area contributed by atoms with Crippen LogP contribution in [0.15, 0.2) is 97.2 Å². The molecular weight excluding hydrogens is 422 g/mol. The first kappa shape index (κ1) is 22.9. The van der Waals surface area contributed by atoms with Crippen LogP contribution in [-0.4, -0.2) is 16.7 Å². The van der Waals surface area contributed by atoms with Crippen molar-refractivity contribution in [3.05, 3.63) is 119 Å². The minimum Gasteiger partial charge on any atom is -0.383 e. The molecule has 1 amide bonds. The molecule has 34 heavy (non-hydrogen) atoms. The van der Waals surface area contributed by atoms with Gasteiger partial charge in [0.1, 0.15) is 5.82 Å². The highest BCUT2D eigenvalue weighted by Gasteiger charge is 2.10. The van der Waals surface area contributed by atoms with E-state index in [-0.39, 0.29) is 18.1 Å². The lowest BCUT2D eigenvalue weighted by Crippen LogP contribution is -2.23. The molecular formula is C29H27N3O2. The number of hydrogen-bond acceptors (Lipinski definition) is 4. The van der Waals surface area contributed by atoms with Crippen molar-refractivity contribution < 1.29 is 9.59 Å². The summed E-state index contributed by atoms with van der Waals surface area (Å²) in [4.78, 5) is 28.8. The van der Waals surface area contributed by atoms with Gasteiger partial charge in [-0.05, 0) is 34.7 Å². The highest BCUT2D eigenvalue weighted by Crippen LogP contribution is 2.19. The fraction of sp³-hybridized carbons (Fsp3) is 0.138. The summed E-state index contributed by atoms with van der Waals surface area (Å²) < 4.78 is 0. The standard InChI is InChI=1S/C29H27N3O2/c30-29-26(7-4-18-31-29)19-27(33)25-15-10-22(11-16-25)20-32-28(34)17-12-21-8-13-24(14-9-21)23-5-2-1-3-6-23/h1-11,13-16,18H,12,17,19-20H2,(H2,30,31)(H,32,34). The van der Waals surface area contributed by atoms with Crippen molar-refractivity contribution in [2.24, 2.45) is 0 Å². The number of carbonyl (C=O) groups excluding carboxylic acids is 2. The normalized spacial score (nSPS) is 10.6. The Morgan fingerprint density at radius 1 is 0.765 bits per heavy atom. The lowest BCUT2D eigenvalue weighted by atomic mass is 10.0. The number of nitrogens with one attached hydrogen (secondary N) is 1. The zero-order valence-corrected chi connectivity index (χ0v) is 18.9. The maximum atomic E-state index is 12.5. The molecule has 0 fully saturated rings. The number of nitrogen functional groups attached to an aromatic ring is 1. The molecule has 1 heterocycles. The van der Waals surface area contributed by atoms with E-state index in [1.165, 1.54) is 11.1 Å². The summed E-state index contributed by atoms with van der Waals surface area (Å²) in [7, 11) is 0. The average molecular weight is 450 g/mol. The second-order valence-corrected chi connectivity index (χ2v) is 8.18. The van der Waals surface area contributed by atoms with Crippen LogP contribution in [-0.2, 0) is 24.2 Å². The van der Waals surface area contributed by atoms with Gasteiger partial charge in [-0.2, -0.15) is 0 Å². The predicted octanol–water partition coefficient (Wildman–Crippen LogP) is 5.01. The summed E-state index contributed by atoms with van der Waals surface area (Å²) in [5.41, 5.74) is 11.6. The van der Waals surface area contributed by atoms with Crippen molar-refractivity contribution in [2.75, 3.05) is 5.73 Å². The Balaban J connectivity index is 1.23. The molecule has 1 aromatic heterocycles. The van der Waals surface area contributed by atoms with Gasteiger partial charge in [-0.3, -0.25) is 9.59 Å². The Hall–Kier alpha value is -4.25. The van der Waals surface area contributed by atoms with Crippen molar-refractivity contribution in [3.63, 3.8) is 0 Å². The van der Waals surface area contributed by atoms with E-state index in [0.29, 0.717) is 30.8 Å². The lowest BCUT2D eigenvalue weighted by Gasteiger charge is -2.08. The van der Waals surface area contributed by atoms with E-state index in [1.54, 1.807) is 24.4 Å². The van der Waals surface area contributed by atoms with Gasteiger partial charge in [0.25, 0.3) is 0 Å².